The summed E-state index contributed by atoms with van der Waals surface area (Å²) in [4.78, 5) is 64.2. The number of hydrogen-bond donors (Lipinski definition) is 0. The molecule has 0 rings (SSSR count). The molecule has 0 radical (unpaired) electrons. The Morgan fingerprint density at radius 2 is 0.615 bits per heavy atom. The van der Waals surface area contributed by atoms with E-state index in [1.54, 1.807) is 0 Å². The minimum absolute atomic E-state index is 0.458. The van der Waals surface area contributed by atoms with Crippen molar-refractivity contribution < 1.29 is 36.7 Å². The van der Waals surface area contributed by atoms with Crippen molar-refractivity contribution >= 4 is 28.9 Å². The van der Waals surface area contributed by atoms with Crippen molar-refractivity contribution in [2.75, 3.05) is 0 Å². The first-order chi connectivity index (χ1) is 5.97. The fourth-order valence-electron chi connectivity index (χ4n) is 0.208. The third-order valence-electron chi connectivity index (χ3n) is 1.02. The average molecular weight is 227 g/mol. The van der Waals surface area contributed by atoms with E-state index in [4.69, 9.17) is 0 Å². The summed E-state index contributed by atoms with van der Waals surface area (Å²) in [5, 5.41) is 0. The van der Waals surface area contributed by atoms with Crippen LogP contribution >= 0.6 is 0 Å². The molecule has 6 nitrogen and oxygen atoms in total. The van der Waals surface area contributed by atoms with Gasteiger partial charge < -0.3 is 0 Å². The Morgan fingerprint density at radius 3 is 0.615 bits per heavy atom. The van der Waals surface area contributed by atoms with Gasteiger partial charge in [0.25, 0.3) is 0 Å². The first-order valence-corrected chi connectivity index (χ1v) is 5.35. The van der Waals surface area contributed by atoms with Gasteiger partial charge in [-0.15, -0.1) is 0 Å². The molecule has 0 atom stereocenters. The predicted molar refractivity (Wildman–Crippen MR) is 34.2 cm³/mol. The van der Waals surface area contributed by atoms with E-state index in [-0.39, 0.29) is 0 Å². The van der Waals surface area contributed by atoms with Gasteiger partial charge in [-0.25, -0.2) is 0 Å². The van der Waals surface area contributed by atoms with Crippen LogP contribution in [0, 0.1) is 0 Å². The third-order valence-corrected chi connectivity index (χ3v) is 4.21. The number of carbonyl (C=O) groups excluding carboxylic acids is 6. The van der Waals surface area contributed by atoms with Gasteiger partial charge in [-0.2, -0.15) is 0 Å². The molecule has 0 N–H and O–H groups in total. The van der Waals surface area contributed by atoms with E-state index in [0.29, 0.717) is 28.9 Å². The van der Waals surface area contributed by atoms with E-state index in [9.17, 15) is 28.8 Å². The van der Waals surface area contributed by atoms with Gasteiger partial charge in [-0.05, 0) is 0 Å². The Labute approximate surface area is 66.2 Å². The molecular weight excluding hydrogens is 227 g/mol. The van der Waals surface area contributed by atoms with Gasteiger partial charge in [0.05, 0.1) is 0 Å². The first kappa shape index (κ1) is 11.0. The molecule has 0 saturated heterocycles. The third kappa shape index (κ3) is 0.813. The molecule has 69 valence electrons. The standard InChI is InChI=1S/6CO.Co/c6*1-2;. The summed E-state index contributed by atoms with van der Waals surface area (Å²) in [6.45, 7) is 0. The molecule has 0 saturated carbocycles. The molecule has 0 unspecified atom stereocenters. The van der Waals surface area contributed by atoms with Crippen molar-refractivity contribution in [1.82, 2.24) is 0 Å². The molecule has 13 heavy (non-hydrogen) atoms. The van der Waals surface area contributed by atoms with E-state index < -0.39 is 7.92 Å². The predicted octanol–water partition coefficient (Wildman–Crippen LogP) is -2.39. The zero-order valence-corrected chi connectivity index (χ0v) is 6.82. The summed E-state index contributed by atoms with van der Waals surface area (Å²) < 4.78 is 0. The molecule has 0 spiro atoms. The molecule has 0 aliphatic carbocycles. The normalized spacial score (nSPS) is 13.8. The van der Waals surface area contributed by atoms with Gasteiger partial charge in [0, 0.05) is 0 Å². The van der Waals surface area contributed by atoms with Gasteiger partial charge in [-0.1, -0.05) is 0 Å². The topological polar surface area (TPSA) is 102 Å². The Hall–Kier alpha value is -2.01. The van der Waals surface area contributed by atoms with Crippen LogP contribution in [-0.2, 0) is 36.7 Å². The molecule has 0 aromatic carbocycles. The second-order valence-electron chi connectivity index (χ2n) is 1.66. The van der Waals surface area contributed by atoms with E-state index in [1.165, 1.54) is 0 Å². The van der Waals surface area contributed by atoms with E-state index >= 15 is 0 Å². The van der Waals surface area contributed by atoms with Crippen molar-refractivity contribution in [1.29, 1.82) is 0 Å². The van der Waals surface area contributed by atoms with Gasteiger partial charge in [-0.3, -0.25) is 0 Å². The Balaban J connectivity index is 11.0. The molecule has 0 bridgehead atoms. The summed E-state index contributed by atoms with van der Waals surface area (Å²) in [6, 6.07) is 0. The van der Waals surface area contributed by atoms with Crippen LogP contribution in [0.15, 0.2) is 0 Å². The summed E-state index contributed by atoms with van der Waals surface area (Å²) >= 11 is 0. The second-order valence-corrected chi connectivity index (χ2v) is 6.84. The molecule has 0 aromatic heterocycles. The van der Waals surface area contributed by atoms with Crippen molar-refractivity contribution in [3.63, 3.8) is 0 Å². The molecular formula is C6CoO6. The number of rotatable bonds is 0. The molecule has 0 aromatic rings. The minimum atomic E-state index is -6.70. The molecule has 0 aliphatic heterocycles. The quantitative estimate of drug-likeness (QED) is 0.457. The molecule has 0 amide bonds. The van der Waals surface area contributed by atoms with Crippen LogP contribution < -0.4 is 0 Å². The van der Waals surface area contributed by atoms with Gasteiger partial charge in [0.1, 0.15) is 0 Å². The summed E-state index contributed by atoms with van der Waals surface area (Å²) in [7, 11) is -6.70. The van der Waals surface area contributed by atoms with Crippen LogP contribution in [0.3, 0.4) is 0 Å². The van der Waals surface area contributed by atoms with E-state index in [1.807, 2.05) is 0 Å². The summed E-state index contributed by atoms with van der Waals surface area (Å²) in [5.41, 5.74) is 0. The zero-order valence-electron chi connectivity index (χ0n) is 5.78. The van der Waals surface area contributed by atoms with Gasteiger partial charge in [0.2, 0.25) is 0 Å². The van der Waals surface area contributed by atoms with Crippen LogP contribution in [-0.4, -0.2) is 28.9 Å². The van der Waals surface area contributed by atoms with Crippen LogP contribution in [0.4, 0.5) is 0 Å². The second kappa shape index (κ2) is 2.24. The van der Waals surface area contributed by atoms with Crippen LogP contribution in [0.25, 0.3) is 0 Å². The fraction of sp³-hybridized carbons (Fsp3) is 0. The SMILES string of the molecule is O=[C]=[Co](=[C]=O)(=[C]=O)(=[C]=O)(=[C]=O)=[C]=O. The molecule has 0 aliphatic rings. The van der Waals surface area contributed by atoms with Crippen LogP contribution in [0.2, 0.25) is 0 Å². The monoisotopic (exact) mass is 227 g/mol. The Morgan fingerprint density at radius 1 is 0.462 bits per heavy atom. The average Bonchev–Trinajstić information content (AvgIpc) is 2.26. The van der Waals surface area contributed by atoms with E-state index in [0.717, 1.165) is 0 Å². The van der Waals surface area contributed by atoms with Crippen LogP contribution in [0.1, 0.15) is 0 Å². The summed E-state index contributed by atoms with van der Waals surface area (Å²) in [5.74, 6) is 0. The Bertz CT molecular complexity index is 786. The van der Waals surface area contributed by atoms with Crippen molar-refractivity contribution in [3.05, 3.63) is 0 Å². The van der Waals surface area contributed by atoms with E-state index in [2.05, 4.69) is 0 Å². The van der Waals surface area contributed by atoms with Gasteiger partial charge in [0.15, 0.2) is 0 Å². The molecule has 0 heterocycles. The van der Waals surface area contributed by atoms with Crippen molar-refractivity contribution in [2.45, 2.75) is 0 Å². The summed E-state index contributed by atoms with van der Waals surface area (Å²) in [6.07, 6.45) is 0. The van der Waals surface area contributed by atoms with Crippen molar-refractivity contribution in [2.24, 2.45) is 0 Å². The number of hydrogen-bond acceptors (Lipinski definition) is 6. The van der Waals surface area contributed by atoms with Gasteiger partial charge >= 0.3 is 65.6 Å². The van der Waals surface area contributed by atoms with Crippen molar-refractivity contribution in [3.8, 4) is 0 Å². The Kier molecular flexibility index (Phi) is 1.89. The first-order valence-electron chi connectivity index (χ1n) is 2.22. The maximum atomic E-state index is 10.2. The van der Waals surface area contributed by atoms with Crippen LogP contribution in [0.5, 0.6) is 0 Å². The maximum absolute atomic E-state index is 10.2. The zero-order chi connectivity index (χ0) is 10.7. The molecule has 0 fully saturated rings. The molecule has 7 heteroatoms. The fourth-order valence-corrected chi connectivity index (χ4v) is 0.859.